The SMILES string of the molecule is CCCCC(CC(=O)NO)C(Cc1ccccc1)=NO. The number of amides is 1. The molecule has 110 valence electrons. The maximum Gasteiger partial charge on any atom is 0.243 e. The predicted octanol–water partition coefficient (Wildman–Crippen LogP) is 2.76. The van der Waals surface area contributed by atoms with E-state index < -0.39 is 5.91 Å². The molecule has 1 aromatic rings. The number of benzene rings is 1. The molecule has 1 atom stereocenters. The number of unbranched alkanes of at least 4 members (excludes halogenated alkanes) is 1. The lowest BCUT2D eigenvalue weighted by Gasteiger charge is -2.17. The topological polar surface area (TPSA) is 81.9 Å². The Kier molecular flexibility index (Phi) is 7.35. The Morgan fingerprint density at radius 1 is 1.35 bits per heavy atom. The van der Waals surface area contributed by atoms with Gasteiger partial charge >= 0.3 is 0 Å². The molecular weight excluding hydrogens is 256 g/mol. The highest BCUT2D eigenvalue weighted by Crippen LogP contribution is 2.18. The van der Waals surface area contributed by atoms with Crippen LogP contribution in [0.2, 0.25) is 0 Å². The highest BCUT2D eigenvalue weighted by atomic mass is 16.5. The third kappa shape index (κ3) is 5.40. The maximum atomic E-state index is 11.4. The van der Waals surface area contributed by atoms with E-state index in [1.807, 2.05) is 30.3 Å². The van der Waals surface area contributed by atoms with Crippen LogP contribution in [0.25, 0.3) is 0 Å². The number of rotatable bonds is 8. The van der Waals surface area contributed by atoms with Crippen molar-refractivity contribution in [2.24, 2.45) is 11.1 Å². The molecule has 5 nitrogen and oxygen atoms in total. The molecule has 1 unspecified atom stereocenters. The van der Waals surface area contributed by atoms with Crippen molar-refractivity contribution in [2.45, 2.75) is 39.0 Å². The molecule has 0 fully saturated rings. The van der Waals surface area contributed by atoms with Crippen molar-refractivity contribution >= 4 is 11.6 Å². The second-order valence-electron chi connectivity index (χ2n) is 4.83. The minimum atomic E-state index is -0.458. The third-order valence-corrected chi connectivity index (χ3v) is 3.29. The number of nitrogens with one attached hydrogen (secondary N) is 1. The minimum Gasteiger partial charge on any atom is -0.411 e. The smallest absolute Gasteiger partial charge is 0.243 e. The number of carbonyl (C=O) groups is 1. The average Bonchev–Trinajstić information content (AvgIpc) is 2.50. The Morgan fingerprint density at radius 3 is 2.60 bits per heavy atom. The van der Waals surface area contributed by atoms with E-state index in [-0.39, 0.29) is 12.3 Å². The van der Waals surface area contributed by atoms with Gasteiger partial charge in [0.15, 0.2) is 0 Å². The largest absolute Gasteiger partial charge is 0.411 e. The molecule has 0 radical (unpaired) electrons. The van der Waals surface area contributed by atoms with Crippen molar-refractivity contribution in [1.82, 2.24) is 5.48 Å². The first-order valence-electron chi connectivity index (χ1n) is 6.88. The number of nitrogens with zero attached hydrogens (tertiary/aromatic N) is 1. The van der Waals surface area contributed by atoms with Crippen LogP contribution in [0, 0.1) is 5.92 Å². The highest BCUT2D eigenvalue weighted by Gasteiger charge is 2.20. The molecule has 0 spiro atoms. The molecule has 0 aromatic heterocycles. The van der Waals surface area contributed by atoms with Gasteiger partial charge < -0.3 is 5.21 Å². The number of hydrogen-bond donors (Lipinski definition) is 3. The quantitative estimate of drug-likeness (QED) is 0.296. The summed E-state index contributed by atoms with van der Waals surface area (Å²) < 4.78 is 0. The Hall–Kier alpha value is -1.88. The summed E-state index contributed by atoms with van der Waals surface area (Å²) in [6.45, 7) is 2.07. The molecule has 1 amide bonds. The number of carbonyl (C=O) groups excluding carboxylic acids is 1. The summed E-state index contributed by atoms with van der Waals surface area (Å²) in [5.74, 6) is -0.618. The zero-order valence-corrected chi connectivity index (χ0v) is 11.7. The predicted molar refractivity (Wildman–Crippen MR) is 76.9 cm³/mol. The van der Waals surface area contributed by atoms with Crippen LogP contribution >= 0.6 is 0 Å². The van der Waals surface area contributed by atoms with Gasteiger partial charge in [-0.3, -0.25) is 10.0 Å². The van der Waals surface area contributed by atoms with Gasteiger partial charge in [-0.15, -0.1) is 0 Å². The number of hydrogen-bond acceptors (Lipinski definition) is 4. The van der Waals surface area contributed by atoms with Crippen LogP contribution in [0.15, 0.2) is 35.5 Å². The Morgan fingerprint density at radius 2 is 2.05 bits per heavy atom. The second kappa shape index (κ2) is 9.09. The Labute approximate surface area is 119 Å². The van der Waals surface area contributed by atoms with Crippen molar-refractivity contribution in [3.05, 3.63) is 35.9 Å². The fraction of sp³-hybridized carbons (Fsp3) is 0.467. The highest BCUT2D eigenvalue weighted by molar-refractivity contribution is 5.91. The monoisotopic (exact) mass is 278 g/mol. The summed E-state index contributed by atoms with van der Waals surface area (Å²) in [4.78, 5) is 11.4. The molecule has 0 bridgehead atoms. The van der Waals surface area contributed by atoms with Gasteiger partial charge in [0.1, 0.15) is 0 Å². The summed E-state index contributed by atoms with van der Waals surface area (Å²) in [6.07, 6.45) is 3.34. The van der Waals surface area contributed by atoms with Crippen molar-refractivity contribution in [3.63, 3.8) is 0 Å². The summed E-state index contributed by atoms with van der Waals surface area (Å²) in [5, 5.41) is 21.3. The van der Waals surface area contributed by atoms with Gasteiger partial charge in [-0.1, -0.05) is 55.3 Å². The zero-order chi connectivity index (χ0) is 14.8. The van der Waals surface area contributed by atoms with Crippen molar-refractivity contribution in [2.75, 3.05) is 0 Å². The van der Waals surface area contributed by atoms with Gasteiger partial charge in [0, 0.05) is 18.8 Å². The van der Waals surface area contributed by atoms with Gasteiger partial charge in [0.05, 0.1) is 5.71 Å². The normalized spacial score (nSPS) is 13.0. The van der Waals surface area contributed by atoms with E-state index in [0.29, 0.717) is 12.1 Å². The molecule has 0 aliphatic heterocycles. The Balaban J connectivity index is 2.76. The van der Waals surface area contributed by atoms with Crippen molar-refractivity contribution in [1.29, 1.82) is 0 Å². The summed E-state index contributed by atoms with van der Waals surface area (Å²) in [5.41, 5.74) is 3.25. The van der Waals surface area contributed by atoms with Crippen LogP contribution in [0.4, 0.5) is 0 Å². The van der Waals surface area contributed by atoms with E-state index in [4.69, 9.17) is 5.21 Å². The van der Waals surface area contributed by atoms with E-state index in [2.05, 4.69) is 12.1 Å². The zero-order valence-electron chi connectivity index (χ0n) is 11.7. The lowest BCUT2D eigenvalue weighted by atomic mass is 9.89. The molecule has 5 heteroatoms. The van der Waals surface area contributed by atoms with Gasteiger partial charge in [0.2, 0.25) is 5.91 Å². The molecule has 0 saturated heterocycles. The second-order valence-corrected chi connectivity index (χ2v) is 4.83. The van der Waals surface area contributed by atoms with E-state index >= 15 is 0 Å². The van der Waals surface area contributed by atoms with Crippen LogP contribution in [0.3, 0.4) is 0 Å². The molecule has 1 aromatic carbocycles. The van der Waals surface area contributed by atoms with E-state index in [0.717, 1.165) is 24.8 Å². The summed E-state index contributed by atoms with van der Waals surface area (Å²) in [7, 11) is 0. The lowest BCUT2D eigenvalue weighted by Crippen LogP contribution is -2.27. The molecular formula is C15H22N2O3. The average molecular weight is 278 g/mol. The first-order valence-corrected chi connectivity index (χ1v) is 6.88. The first-order chi connectivity index (χ1) is 9.71. The van der Waals surface area contributed by atoms with E-state index in [1.165, 1.54) is 0 Å². The molecule has 0 heterocycles. The van der Waals surface area contributed by atoms with Gasteiger partial charge in [0.25, 0.3) is 0 Å². The minimum absolute atomic E-state index is 0.128. The molecule has 0 aliphatic carbocycles. The van der Waals surface area contributed by atoms with Gasteiger partial charge in [-0.05, 0) is 12.0 Å². The molecule has 0 aliphatic rings. The van der Waals surface area contributed by atoms with E-state index in [9.17, 15) is 10.0 Å². The summed E-state index contributed by atoms with van der Waals surface area (Å²) in [6, 6.07) is 9.67. The van der Waals surface area contributed by atoms with Crippen molar-refractivity contribution in [3.8, 4) is 0 Å². The molecule has 20 heavy (non-hydrogen) atoms. The van der Waals surface area contributed by atoms with Crippen molar-refractivity contribution < 1.29 is 15.2 Å². The maximum absolute atomic E-state index is 11.4. The summed E-state index contributed by atoms with van der Waals surface area (Å²) >= 11 is 0. The third-order valence-electron chi connectivity index (χ3n) is 3.29. The number of oxime groups is 1. The molecule has 0 saturated carbocycles. The number of hydroxylamine groups is 1. The fourth-order valence-electron chi connectivity index (χ4n) is 2.17. The molecule has 1 rings (SSSR count). The standard InChI is InChI=1S/C15H22N2O3/c1-2-3-9-13(11-15(18)17-20)14(16-19)10-12-7-5-4-6-8-12/h4-8,13,19-20H,2-3,9-11H2,1H3,(H,17,18). The van der Waals surface area contributed by atoms with Crippen LogP contribution < -0.4 is 5.48 Å². The van der Waals surface area contributed by atoms with Crippen LogP contribution in [-0.2, 0) is 11.2 Å². The fourth-order valence-corrected chi connectivity index (χ4v) is 2.17. The van der Waals surface area contributed by atoms with Crippen LogP contribution in [-0.4, -0.2) is 22.0 Å². The lowest BCUT2D eigenvalue weighted by molar-refractivity contribution is -0.129. The van der Waals surface area contributed by atoms with E-state index in [1.54, 1.807) is 5.48 Å². The van der Waals surface area contributed by atoms with Crippen LogP contribution in [0.1, 0.15) is 38.2 Å². The first kappa shape index (κ1) is 16.2. The Bertz CT molecular complexity index is 432. The molecule has 3 N–H and O–H groups in total. The van der Waals surface area contributed by atoms with Gasteiger partial charge in [-0.2, -0.15) is 0 Å². The van der Waals surface area contributed by atoms with Crippen LogP contribution in [0.5, 0.6) is 0 Å². The van der Waals surface area contributed by atoms with Gasteiger partial charge in [-0.25, -0.2) is 5.48 Å².